The van der Waals surface area contributed by atoms with Gasteiger partial charge < -0.3 is 14.7 Å². The number of carbonyl (C=O) groups excluding carboxylic acids is 1. The molecule has 0 saturated carbocycles. The van der Waals surface area contributed by atoms with E-state index in [2.05, 4.69) is 9.97 Å². The zero-order valence-corrected chi connectivity index (χ0v) is 11.0. The number of nitrogens with one attached hydrogen (secondary N) is 2. The van der Waals surface area contributed by atoms with Gasteiger partial charge in [-0.25, -0.2) is 4.79 Å². The number of imidazole rings is 1. The molecule has 0 amide bonds. The van der Waals surface area contributed by atoms with E-state index in [4.69, 9.17) is 4.74 Å². The second kappa shape index (κ2) is 5.57. The summed E-state index contributed by atoms with van der Waals surface area (Å²) in [4.78, 5) is 17.0. The van der Waals surface area contributed by atoms with Gasteiger partial charge in [-0.2, -0.15) is 8.42 Å². The molecule has 0 radical (unpaired) electrons. The van der Waals surface area contributed by atoms with Gasteiger partial charge >= 0.3 is 5.97 Å². The highest BCUT2D eigenvalue weighted by Gasteiger charge is 2.17. The fraction of sp³-hybridized carbons (Fsp3) is 0.167. The Morgan fingerprint density at radius 1 is 1.21 bits per heavy atom. The van der Waals surface area contributed by atoms with Crippen molar-refractivity contribution in [3.8, 4) is 11.3 Å². The number of aromatic amines is 2. The average Bonchev–Trinajstić information content (AvgIpc) is 2.85. The zero-order valence-electron chi connectivity index (χ0n) is 10.1. The number of aromatic nitrogens is 2. The van der Waals surface area contributed by atoms with E-state index in [1.54, 1.807) is 31.2 Å². The fourth-order valence-corrected chi connectivity index (χ4v) is 2.02. The van der Waals surface area contributed by atoms with E-state index in [1.165, 1.54) is 0 Å². The molecule has 2 rings (SSSR count). The molecule has 2 N–H and O–H groups in total. The van der Waals surface area contributed by atoms with Gasteiger partial charge in [-0.1, -0.05) is 30.3 Å². The minimum atomic E-state index is -2.48. The molecule has 1 heterocycles. The third-order valence-electron chi connectivity index (χ3n) is 2.44. The van der Waals surface area contributed by atoms with Crippen LogP contribution < -0.4 is 0 Å². The van der Waals surface area contributed by atoms with Gasteiger partial charge in [0.25, 0.3) is 10.3 Å². The van der Waals surface area contributed by atoms with Crippen LogP contribution in [0.4, 0.5) is 0 Å². The highest BCUT2D eigenvalue weighted by atomic mass is 32.2. The first-order valence-corrected chi connectivity index (χ1v) is 6.68. The van der Waals surface area contributed by atoms with E-state index >= 15 is 0 Å². The van der Waals surface area contributed by atoms with Crippen LogP contribution in [-0.2, 0) is 15.0 Å². The molecule has 1 aromatic carbocycles. The van der Waals surface area contributed by atoms with E-state index in [0.29, 0.717) is 11.3 Å². The Kier molecular flexibility index (Phi) is 3.86. The predicted molar refractivity (Wildman–Crippen MR) is 68.7 cm³/mol. The van der Waals surface area contributed by atoms with Crippen molar-refractivity contribution in [3.05, 3.63) is 40.8 Å². The van der Waals surface area contributed by atoms with Crippen LogP contribution in [0.5, 0.6) is 0 Å². The summed E-state index contributed by atoms with van der Waals surface area (Å²) in [5.41, 5.74) is 1.17. The standard InChI is InChI=1S/C12H12N2O4S/c1-2-18-11(15)10-9(8-6-4-3-5-7-8)13-12(14-10)19(16)17/h3-7,13-14H,2H2,1H3. The maximum absolute atomic E-state index is 11.8. The van der Waals surface area contributed by atoms with Gasteiger partial charge in [0.2, 0.25) is 4.77 Å². The molecule has 7 heteroatoms. The van der Waals surface area contributed by atoms with E-state index in [0.717, 1.165) is 0 Å². The highest BCUT2D eigenvalue weighted by Crippen LogP contribution is 2.20. The van der Waals surface area contributed by atoms with Crippen molar-refractivity contribution >= 4 is 16.3 Å². The molecule has 0 spiro atoms. The van der Waals surface area contributed by atoms with Crippen LogP contribution in [0.2, 0.25) is 0 Å². The molecule has 0 bridgehead atoms. The van der Waals surface area contributed by atoms with Gasteiger partial charge in [0.05, 0.1) is 12.3 Å². The van der Waals surface area contributed by atoms with E-state index in [1.807, 2.05) is 6.07 Å². The van der Waals surface area contributed by atoms with Crippen molar-refractivity contribution in [3.63, 3.8) is 0 Å². The van der Waals surface area contributed by atoms with Crippen molar-refractivity contribution in [2.45, 2.75) is 6.92 Å². The predicted octanol–water partition coefficient (Wildman–Crippen LogP) is 1.60. The van der Waals surface area contributed by atoms with Crippen molar-refractivity contribution in [1.29, 1.82) is 0 Å². The van der Waals surface area contributed by atoms with Crippen LogP contribution in [0.15, 0.2) is 30.3 Å². The number of rotatable bonds is 3. The van der Waals surface area contributed by atoms with Gasteiger partial charge in [-0.15, -0.1) is 0 Å². The van der Waals surface area contributed by atoms with E-state index < -0.39 is 16.3 Å². The molecule has 0 aliphatic rings. The molecule has 100 valence electrons. The third kappa shape index (κ3) is 2.76. The zero-order chi connectivity index (χ0) is 13.8. The number of hydrogen-bond donors (Lipinski definition) is 2. The lowest BCUT2D eigenvalue weighted by Gasteiger charge is -2.02. The second-order valence-corrected chi connectivity index (χ2v) is 4.53. The Hall–Kier alpha value is -2.28. The van der Waals surface area contributed by atoms with Gasteiger partial charge in [0, 0.05) is 5.56 Å². The molecule has 0 fully saturated rings. The Balaban J connectivity index is 2.66. The Morgan fingerprint density at radius 3 is 2.47 bits per heavy atom. The lowest BCUT2D eigenvalue weighted by Crippen LogP contribution is -2.06. The molecule has 1 aromatic heterocycles. The average molecular weight is 280 g/mol. The van der Waals surface area contributed by atoms with Gasteiger partial charge in [0.1, 0.15) is 0 Å². The van der Waals surface area contributed by atoms with Crippen molar-refractivity contribution in [2.75, 3.05) is 6.61 Å². The fourth-order valence-electron chi connectivity index (χ4n) is 1.64. The monoisotopic (exact) mass is 280 g/mol. The highest BCUT2D eigenvalue weighted by molar-refractivity contribution is 7.63. The van der Waals surface area contributed by atoms with E-state index in [-0.39, 0.29) is 17.1 Å². The number of hydrogen-bond acceptors (Lipinski definition) is 4. The molecule has 19 heavy (non-hydrogen) atoms. The second-order valence-electron chi connectivity index (χ2n) is 3.65. The summed E-state index contributed by atoms with van der Waals surface area (Å²) in [7, 11) is -2.48. The summed E-state index contributed by atoms with van der Waals surface area (Å²) < 4.78 is 26.7. The molecule has 0 atom stereocenters. The first-order chi connectivity index (χ1) is 9.13. The minimum absolute atomic E-state index is 0.0900. The first-order valence-electron chi connectivity index (χ1n) is 5.60. The summed E-state index contributed by atoms with van der Waals surface area (Å²) in [6.45, 7) is 1.89. The van der Waals surface area contributed by atoms with Crippen LogP contribution in [0, 0.1) is 4.77 Å². The van der Waals surface area contributed by atoms with Crippen LogP contribution in [-0.4, -0.2) is 31.0 Å². The normalized spacial score (nSPS) is 10.2. The summed E-state index contributed by atoms with van der Waals surface area (Å²) in [5.74, 6) is -0.602. The quantitative estimate of drug-likeness (QED) is 0.659. The summed E-state index contributed by atoms with van der Waals surface area (Å²) >= 11 is 0. The summed E-state index contributed by atoms with van der Waals surface area (Å²) in [6.07, 6.45) is 0. The Morgan fingerprint density at radius 2 is 1.89 bits per heavy atom. The molecular formula is C12H12N2O4S. The van der Waals surface area contributed by atoms with Crippen molar-refractivity contribution in [1.82, 2.24) is 9.97 Å². The molecule has 0 saturated heterocycles. The third-order valence-corrected chi connectivity index (χ3v) is 2.97. The summed E-state index contributed by atoms with van der Waals surface area (Å²) in [6, 6.07) is 8.94. The number of benzene rings is 1. The smallest absolute Gasteiger partial charge is 0.357 e. The largest absolute Gasteiger partial charge is 0.461 e. The van der Waals surface area contributed by atoms with Crippen LogP contribution in [0.1, 0.15) is 17.4 Å². The Labute approximate surface area is 110 Å². The first kappa shape index (κ1) is 13.2. The summed E-state index contributed by atoms with van der Waals surface area (Å²) in [5, 5.41) is 0. The number of ether oxygens (including phenoxy) is 1. The van der Waals surface area contributed by atoms with Crippen LogP contribution in [0.25, 0.3) is 11.3 Å². The molecular weight excluding hydrogens is 268 g/mol. The van der Waals surface area contributed by atoms with Crippen molar-refractivity contribution in [2.24, 2.45) is 0 Å². The number of H-pyrrole nitrogens is 2. The Bertz CT molecular complexity index is 749. The van der Waals surface area contributed by atoms with Crippen LogP contribution >= 0.6 is 0 Å². The number of carbonyl (C=O) groups is 1. The molecule has 0 unspecified atom stereocenters. The van der Waals surface area contributed by atoms with Gasteiger partial charge in [0.15, 0.2) is 5.69 Å². The maximum atomic E-state index is 11.8. The topological polar surface area (TPSA) is 92.0 Å². The number of esters is 1. The SMILES string of the molecule is CCOC(=O)c1[nH]c(=S(=O)=O)[nH]c1-c1ccccc1. The van der Waals surface area contributed by atoms with Crippen molar-refractivity contribution < 1.29 is 17.9 Å². The molecule has 2 aromatic rings. The molecule has 0 aliphatic heterocycles. The maximum Gasteiger partial charge on any atom is 0.357 e. The van der Waals surface area contributed by atoms with Gasteiger partial charge in [-0.3, -0.25) is 0 Å². The lowest BCUT2D eigenvalue weighted by molar-refractivity contribution is 0.0521. The van der Waals surface area contributed by atoms with E-state index in [9.17, 15) is 13.2 Å². The minimum Gasteiger partial charge on any atom is -0.461 e. The molecule has 6 nitrogen and oxygen atoms in total. The molecule has 0 aliphatic carbocycles. The van der Waals surface area contributed by atoms with Gasteiger partial charge in [-0.05, 0) is 6.92 Å². The van der Waals surface area contributed by atoms with Crippen LogP contribution in [0.3, 0.4) is 0 Å². The lowest BCUT2D eigenvalue weighted by atomic mass is 10.1.